The minimum atomic E-state index is -0.761. The Morgan fingerprint density at radius 3 is 2.50 bits per heavy atom. The Morgan fingerprint density at radius 2 is 1.83 bits per heavy atom. The van der Waals surface area contributed by atoms with Crippen molar-refractivity contribution >= 4 is 46.2 Å². The summed E-state index contributed by atoms with van der Waals surface area (Å²) in [6.07, 6.45) is 3.93. The fourth-order valence-corrected chi connectivity index (χ4v) is 5.54. The zero-order valence-corrected chi connectivity index (χ0v) is 26.3. The molecule has 0 bridgehead atoms. The van der Waals surface area contributed by atoms with Gasteiger partial charge in [-0.1, -0.05) is 62.7 Å². The van der Waals surface area contributed by atoms with Gasteiger partial charge in [0.1, 0.15) is 12.1 Å². The molecule has 1 heterocycles. The van der Waals surface area contributed by atoms with E-state index in [0.717, 1.165) is 22.8 Å². The van der Waals surface area contributed by atoms with E-state index < -0.39 is 24.2 Å². The second-order valence-electron chi connectivity index (χ2n) is 11.4. The van der Waals surface area contributed by atoms with Crippen molar-refractivity contribution in [2.24, 2.45) is 5.92 Å². The number of benzene rings is 2. The van der Waals surface area contributed by atoms with Gasteiger partial charge < -0.3 is 20.7 Å². The summed E-state index contributed by atoms with van der Waals surface area (Å²) >= 11 is 1.60. The molecular formula is C32H46N4O5S. The Hall–Kier alpha value is -3.11. The molecule has 0 spiro atoms. The van der Waals surface area contributed by atoms with Gasteiger partial charge in [-0.2, -0.15) is 11.8 Å². The number of nitrogens with one attached hydrogen (secondary N) is 3. The number of fused-ring (bicyclic) bond motifs is 1. The lowest BCUT2D eigenvalue weighted by atomic mass is 10.00. The average Bonchev–Trinajstić information content (AvgIpc) is 3.40. The lowest BCUT2D eigenvalue weighted by Gasteiger charge is -2.34. The van der Waals surface area contributed by atoms with Crippen LogP contribution in [0.5, 0.6) is 0 Å². The summed E-state index contributed by atoms with van der Waals surface area (Å²) in [5, 5.41) is 11.0. The normalized spacial score (nSPS) is 17.1. The van der Waals surface area contributed by atoms with E-state index in [2.05, 4.69) is 35.9 Å². The molecule has 0 aliphatic carbocycles. The third-order valence-electron chi connectivity index (χ3n) is 7.57. The number of ether oxygens (including phenoxy) is 1. The van der Waals surface area contributed by atoms with Gasteiger partial charge in [-0.15, -0.1) is 0 Å². The predicted octanol–water partition coefficient (Wildman–Crippen LogP) is 3.99. The predicted molar refractivity (Wildman–Crippen MR) is 168 cm³/mol. The Morgan fingerprint density at radius 1 is 1.10 bits per heavy atom. The summed E-state index contributed by atoms with van der Waals surface area (Å²) in [4.78, 5) is 53.5. The Kier molecular flexibility index (Phi) is 13.1. The third kappa shape index (κ3) is 10.0. The molecule has 3 rings (SSSR count). The number of esters is 1. The zero-order chi connectivity index (χ0) is 30.6. The fraction of sp³-hybridized carbons (Fsp3) is 0.562. The SMILES string of the molecule is CC[C@H](C)CC(NC(=O)[C@@H]1CCC(=O)N1)N(CC(=O)N[C@@H](CCSC)C(=O)OC(C)C)Cc1cccc2ccccc12. The van der Waals surface area contributed by atoms with E-state index >= 15 is 0 Å². The van der Waals surface area contributed by atoms with Crippen LogP contribution in [0.1, 0.15) is 65.4 Å². The van der Waals surface area contributed by atoms with Crippen molar-refractivity contribution in [1.82, 2.24) is 20.9 Å². The van der Waals surface area contributed by atoms with Crippen LogP contribution in [0.2, 0.25) is 0 Å². The summed E-state index contributed by atoms with van der Waals surface area (Å²) in [5.74, 6) is -0.200. The summed E-state index contributed by atoms with van der Waals surface area (Å²) in [6.45, 7) is 8.15. The van der Waals surface area contributed by atoms with Crippen molar-refractivity contribution in [3.05, 3.63) is 48.0 Å². The molecule has 0 aromatic heterocycles. The molecular weight excluding hydrogens is 552 g/mol. The second-order valence-corrected chi connectivity index (χ2v) is 12.3. The van der Waals surface area contributed by atoms with Gasteiger partial charge in [-0.05, 0) is 67.4 Å². The van der Waals surface area contributed by atoms with Crippen molar-refractivity contribution in [3.63, 3.8) is 0 Å². The van der Waals surface area contributed by atoms with Crippen LogP contribution in [0.15, 0.2) is 42.5 Å². The molecule has 1 aliphatic heterocycles. The molecule has 2 aromatic carbocycles. The fourth-order valence-electron chi connectivity index (χ4n) is 5.07. The molecule has 1 aliphatic rings. The van der Waals surface area contributed by atoms with Gasteiger partial charge in [0.2, 0.25) is 17.7 Å². The van der Waals surface area contributed by atoms with Crippen molar-refractivity contribution in [2.75, 3.05) is 18.6 Å². The third-order valence-corrected chi connectivity index (χ3v) is 8.21. The van der Waals surface area contributed by atoms with Gasteiger partial charge in [0.15, 0.2) is 0 Å². The largest absolute Gasteiger partial charge is 0.461 e. The van der Waals surface area contributed by atoms with E-state index in [0.29, 0.717) is 38.0 Å². The van der Waals surface area contributed by atoms with Crippen LogP contribution in [-0.4, -0.2) is 71.5 Å². The highest BCUT2D eigenvalue weighted by molar-refractivity contribution is 7.98. The van der Waals surface area contributed by atoms with Gasteiger partial charge in [0, 0.05) is 13.0 Å². The molecule has 2 aromatic rings. The molecule has 42 heavy (non-hydrogen) atoms. The van der Waals surface area contributed by atoms with E-state index in [1.165, 1.54) is 0 Å². The van der Waals surface area contributed by atoms with Gasteiger partial charge >= 0.3 is 5.97 Å². The minimum Gasteiger partial charge on any atom is -0.461 e. The number of rotatable bonds is 16. The average molecular weight is 599 g/mol. The van der Waals surface area contributed by atoms with Crippen LogP contribution >= 0.6 is 11.8 Å². The molecule has 1 fully saturated rings. The number of hydrogen-bond donors (Lipinski definition) is 3. The maximum atomic E-state index is 13.6. The van der Waals surface area contributed by atoms with Gasteiger partial charge in [-0.3, -0.25) is 19.3 Å². The van der Waals surface area contributed by atoms with Crippen molar-refractivity contribution < 1.29 is 23.9 Å². The summed E-state index contributed by atoms with van der Waals surface area (Å²) in [7, 11) is 0. The first-order valence-corrected chi connectivity index (χ1v) is 16.3. The molecule has 230 valence electrons. The van der Waals surface area contributed by atoms with Gasteiger partial charge in [0.05, 0.1) is 18.8 Å². The standard InChI is InChI=1S/C32H46N4O5S/c1-6-22(4)18-28(35-31(39)26-14-15-29(37)33-26)36(19-24-12-9-11-23-10-7-8-13-25(23)24)20-30(38)34-27(16-17-42-5)32(40)41-21(2)3/h7-13,21-22,26-28H,6,14-20H2,1-5H3,(H,33,37)(H,34,38)(H,35,39)/t22-,26-,27-,28?/m0/s1. The first-order valence-electron chi connectivity index (χ1n) is 14.9. The molecule has 0 saturated carbocycles. The van der Waals surface area contributed by atoms with E-state index in [1.807, 2.05) is 47.6 Å². The summed E-state index contributed by atoms with van der Waals surface area (Å²) < 4.78 is 5.42. The highest BCUT2D eigenvalue weighted by Gasteiger charge is 2.32. The minimum absolute atomic E-state index is 0.0354. The van der Waals surface area contributed by atoms with E-state index in [-0.39, 0.29) is 36.3 Å². The Labute approximate surface area is 253 Å². The molecule has 0 radical (unpaired) electrons. The van der Waals surface area contributed by atoms with Crippen LogP contribution in [0.4, 0.5) is 0 Å². The van der Waals surface area contributed by atoms with Crippen LogP contribution in [0.25, 0.3) is 10.8 Å². The highest BCUT2D eigenvalue weighted by atomic mass is 32.2. The second kappa shape index (κ2) is 16.5. The molecule has 3 amide bonds. The van der Waals surface area contributed by atoms with Gasteiger partial charge in [0.25, 0.3) is 0 Å². The van der Waals surface area contributed by atoms with Crippen molar-refractivity contribution in [3.8, 4) is 0 Å². The number of carbonyl (C=O) groups excluding carboxylic acids is 4. The lowest BCUT2D eigenvalue weighted by Crippen LogP contribution is -2.56. The van der Waals surface area contributed by atoms with Crippen molar-refractivity contribution in [2.45, 2.75) is 90.7 Å². The molecule has 3 N–H and O–H groups in total. The summed E-state index contributed by atoms with van der Waals surface area (Å²) in [6, 6.07) is 12.8. The lowest BCUT2D eigenvalue weighted by molar-refractivity contribution is -0.151. The van der Waals surface area contributed by atoms with Crippen LogP contribution in [0.3, 0.4) is 0 Å². The molecule has 4 atom stereocenters. The highest BCUT2D eigenvalue weighted by Crippen LogP contribution is 2.23. The molecule has 10 heteroatoms. The van der Waals surface area contributed by atoms with E-state index in [1.54, 1.807) is 25.6 Å². The number of nitrogens with zero attached hydrogens (tertiary/aromatic N) is 1. The number of hydrogen-bond acceptors (Lipinski definition) is 7. The maximum Gasteiger partial charge on any atom is 0.328 e. The Bertz CT molecular complexity index is 1220. The Balaban J connectivity index is 1.91. The smallest absolute Gasteiger partial charge is 0.328 e. The van der Waals surface area contributed by atoms with E-state index in [9.17, 15) is 19.2 Å². The number of thioether (sulfide) groups is 1. The van der Waals surface area contributed by atoms with Gasteiger partial charge in [-0.25, -0.2) is 4.79 Å². The molecule has 1 unspecified atom stereocenters. The zero-order valence-electron chi connectivity index (χ0n) is 25.5. The maximum absolute atomic E-state index is 13.6. The summed E-state index contributed by atoms with van der Waals surface area (Å²) in [5.41, 5.74) is 1.02. The first-order chi connectivity index (χ1) is 20.1. The van der Waals surface area contributed by atoms with Crippen LogP contribution in [0, 0.1) is 5.92 Å². The molecule has 1 saturated heterocycles. The number of carbonyl (C=O) groups is 4. The number of amides is 3. The quantitative estimate of drug-likeness (QED) is 0.198. The topological polar surface area (TPSA) is 117 Å². The van der Waals surface area contributed by atoms with Crippen LogP contribution in [-0.2, 0) is 30.5 Å². The monoisotopic (exact) mass is 598 g/mol. The van der Waals surface area contributed by atoms with Crippen molar-refractivity contribution in [1.29, 1.82) is 0 Å². The first kappa shape index (κ1) is 33.4. The molecule has 9 nitrogen and oxygen atoms in total. The van der Waals surface area contributed by atoms with E-state index in [4.69, 9.17) is 4.74 Å². The van der Waals surface area contributed by atoms with Crippen LogP contribution < -0.4 is 16.0 Å².